The first kappa shape index (κ1) is 16.0. The third kappa shape index (κ3) is 3.44. The van der Waals surface area contributed by atoms with Gasteiger partial charge >= 0.3 is 5.97 Å². The van der Waals surface area contributed by atoms with Gasteiger partial charge < -0.3 is 5.11 Å². The van der Waals surface area contributed by atoms with E-state index >= 15 is 0 Å². The van der Waals surface area contributed by atoms with E-state index in [-0.39, 0.29) is 11.1 Å². The number of aromatic nitrogens is 3. The second-order valence-electron chi connectivity index (χ2n) is 5.74. The first-order valence-corrected chi connectivity index (χ1v) is 7.48. The van der Waals surface area contributed by atoms with Crippen LogP contribution in [-0.4, -0.2) is 26.1 Å². The number of nitrogens with zero attached hydrogens (tertiary/aromatic N) is 3. The zero-order chi connectivity index (χ0) is 15.8. The third-order valence-electron chi connectivity index (χ3n) is 2.98. The monoisotopic (exact) mass is 371 g/mol. The van der Waals surface area contributed by atoms with E-state index in [2.05, 4.69) is 26.2 Å². The van der Waals surface area contributed by atoms with Crippen LogP contribution < -0.4 is 0 Å². The normalized spacial score (nSPS) is 11.7. The molecule has 112 valence electrons. The van der Waals surface area contributed by atoms with Gasteiger partial charge in [-0.1, -0.05) is 59.6 Å². The summed E-state index contributed by atoms with van der Waals surface area (Å²) in [6, 6.07) is 5.55. The summed E-state index contributed by atoms with van der Waals surface area (Å²) in [7, 11) is 0. The van der Waals surface area contributed by atoms with Crippen LogP contribution in [-0.2, 0) is 12.0 Å². The number of carboxylic acids is 1. The van der Waals surface area contributed by atoms with Gasteiger partial charge in [0.1, 0.15) is 0 Å². The molecular weight excluding hydrogens is 358 g/mol. The maximum absolute atomic E-state index is 11.3. The van der Waals surface area contributed by atoms with E-state index in [4.69, 9.17) is 11.6 Å². The van der Waals surface area contributed by atoms with E-state index in [1.807, 2.05) is 32.9 Å². The molecule has 0 amide bonds. The second-order valence-corrected chi connectivity index (χ2v) is 7.06. The molecule has 0 atom stereocenters. The minimum atomic E-state index is -1.08. The lowest BCUT2D eigenvalue weighted by Crippen LogP contribution is -2.22. The SMILES string of the molecule is CC(C)(C)c1c(C(=O)O)nnn1Cc1ccc(Br)cc1Cl. The van der Waals surface area contributed by atoms with Crippen molar-refractivity contribution in [1.29, 1.82) is 0 Å². The van der Waals surface area contributed by atoms with E-state index < -0.39 is 5.97 Å². The van der Waals surface area contributed by atoms with Crippen molar-refractivity contribution in [2.24, 2.45) is 0 Å². The summed E-state index contributed by atoms with van der Waals surface area (Å²) >= 11 is 9.56. The Balaban J connectivity index is 2.47. The highest BCUT2D eigenvalue weighted by molar-refractivity contribution is 9.10. The summed E-state index contributed by atoms with van der Waals surface area (Å²) in [5.74, 6) is -1.08. The maximum atomic E-state index is 11.3. The van der Waals surface area contributed by atoms with Crippen molar-refractivity contribution in [2.45, 2.75) is 32.7 Å². The molecule has 0 aliphatic carbocycles. The minimum Gasteiger partial charge on any atom is -0.476 e. The van der Waals surface area contributed by atoms with Crippen molar-refractivity contribution in [1.82, 2.24) is 15.0 Å². The Morgan fingerprint density at radius 1 is 1.43 bits per heavy atom. The fourth-order valence-electron chi connectivity index (χ4n) is 2.12. The van der Waals surface area contributed by atoms with Crippen molar-refractivity contribution in [3.8, 4) is 0 Å². The highest BCUT2D eigenvalue weighted by Gasteiger charge is 2.29. The van der Waals surface area contributed by atoms with Gasteiger partial charge in [0.05, 0.1) is 12.2 Å². The Morgan fingerprint density at radius 2 is 2.10 bits per heavy atom. The molecule has 0 unspecified atom stereocenters. The van der Waals surface area contributed by atoms with Crippen LogP contribution in [0.5, 0.6) is 0 Å². The molecule has 0 aliphatic rings. The maximum Gasteiger partial charge on any atom is 0.358 e. The molecular formula is C14H15BrClN3O2. The lowest BCUT2D eigenvalue weighted by Gasteiger charge is -2.20. The summed E-state index contributed by atoms with van der Waals surface area (Å²) in [5, 5.41) is 17.6. The molecule has 5 nitrogen and oxygen atoms in total. The second kappa shape index (κ2) is 5.77. The molecule has 2 rings (SSSR count). The van der Waals surface area contributed by atoms with Gasteiger partial charge in [-0.15, -0.1) is 5.10 Å². The molecule has 0 saturated heterocycles. The molecule has 0 saturated carbocycles. The fraction of sp³-hybridized carbons (Fsp3) is 0.357. The number of aromatic carboxylic acids is 1. The van der Waals surface area contributed by atoms with Crippen LogP contribution in [0.15, 0.2) is 22.7 Å². The Bertz CT molecular complexity index is 692. The van der Waals surface area contributed by atoms with Gasteiger partial charge in [-0.2, -0.15) is 0 Å². The molecule has 1 N–H and O–H groups in total. The van der Waals surface area contributed by atoms with Crippen molar-refractivity contribution in [2.75, 3.05) is 0 Å². The molecule has 0 radical (unpaired) electrons. The van der Waals surface area contributed by atoms with Crippen LogP contribution >= 0.6 is 27.5 Å². The van der Waals surface area contributed by atoms with Crippen LogP contribution in [0.4, 0.5) is 0 Å². The summed E-state index contributed by atoms with van der Waals surface area (Å²) in [6.07, 6.45) is 0. The van der Waals surface area contributed by atoms with Gasteiger partial charge in [0.25, 0.3) is 0 Å². The molecule has 0 bridgehead atoms. The quantitative estimate of drug-likeness (QED) is 0.891. The molecule has 21 heavy (non-hydrogen) atoms. The Labute approximate surface area is 136 Å². The molecule has 7 heteroatoms. The predicted molar refractivity (Wildman–Crippen MR) is 83.9 cm³/mol. The highest BCUT2D eigenvalue weighted by Crippen LogP contribution is 2.27. The van der Waals surface area contributed by atoms with Gasteiger partial charge in [0.15, 0.2) is 5.69 Å². The minimum absolute atomic E-state index is 0.0178. The Morgan fingerprint density at radius 3 is 2.62 bits per heavy atom. The molecule has 1 aromatic carbocycles. The number of rotatable bonds is 3. The van der Waals surface area contributed by atoms with Gasteiger partial charge in [0.2, 0.25) is 0 Å². The number of carboxylic acid groups (broad SMARTS) is 1. The summed E-state index contributed by atoms with van der Waals surface area (Å²) in [5.41, 5.74) is 1.02. The van der Waals surface area contributed by atoms with Crippen molar-refractivity contribution in [3.05, 3.63) is 44.6 Å². The third-order valence-corrected chi connectivity index (χ3v) is 3.83. The largest absolute Gasteiger partial charge is 0.476 e. The highest BCUT2D eigenvalue weighted by atomic mass is 79.9. The predicted octanol–water partition coefficient (Wildman–Crippen LogP) is 3.74. The molecule has 2 aromatic rings. The fourth-order valence-corrected chi connectivity index (χ4v) is 2.85. The van der Waals surface area contributed by atoms with Crippen molar-refractivity contribution < 1.29 is 9.90 Å². The topological polar surface area (TPSA) is 68.0 Å². The molecule has 0 spiro atoms. The average Bonchev–Trinajstić information content (AvgIpc) is 2.76. The average molecular weight is 373 g/mol. The number of hydrogen-bond acceptors (Lipinski definition) is 3. The van der Waals surface area contributed by atoms with Crippen LogP contribution in [0.2, 0.25) is 5.02 Å². The van der Waals surface area contributed by atoms with E-state index in [1.165, 1.54) is 0 Å². The van der Waals surface area contributed by atoms with Crippen molar-refractivity contribution >= 4 is 33.5 Å². The summed E-state index contributed by atoms with van der Waals surface area (Å²) in [4.78, 5) is 11.3. The molecule has 0 fully saturated rings. The molecule has 1 heterocycles. The van der Waals surface area contributed by atoms with Crippen LogP contribution in [0, 0.1) is 0 Å². The molecule has 0 aliphatic heterocycles. The summed E-state index contributed by atoms with van der Waals surface area (Å²) < 4.78 is 2.48. The zero-order valence-corrected chi connectivity index (χ0v) is 14.2. The number of hydrogen-bond donors (Lipinski definition) is 1. The Hall–Kier alpha value is -1.40. The zero-order valence-electron chi connectivity index (χ0n) is 11.9. The standard InChI is InChI=1S/C14H15BrClN3O2/c1-14(2,3)12-11(13(20)21)17-18-19(12)7-8-4-5-9(15)6-10(8)16/h4-6H,7H2,1-3H3,(H,20,21). The Kier molecular flexibility index (Phi) is 4.39. The number of benzene rings is 1. The van der Waals surface area contributed by atoms with Gasteiger partial charge in [-0.3, -0.25) is 0 Å². The first-order valence-electron chi connectivity index (χ1n) is 6.31. The van der Waals surface area contributed by atoms with Gasteiger partial charge in [0, 0.05) is 14.9 Å². The van der Waals surface area contributed by atoms with E-state index in [0.29, 0.717) is 17.3 Å². The van der Waals surface area contributed by atoms with Gasteiger partial charge in [-0.25, -0.2) is 9.48 Å². The van der Waals surface area contributed by atoms with Gasteiger partial charge in [-0.05, 0) is 17.7 Å². The van der Waals surface area contributed by atoms with Crippen LogP contribution in [0.1, 0.15) is 42.5 Å². The van der Waals surface area contributed by atoms with E-state index in [9.17, 15) is 9.90 Å². The number of carbonyl (C=O) groups is 1. The number of halogens is 2. The van der Waals surface area contributed by atoms with E-state index in [1.54, 1.807) is 10.7 Å². The van der Waals surface area contributed by atoms with E-state index in [0.717, 1.165) is 10.0 Å². The lowest BCUT2D eigenvalue weighted by atomic mass is 9.90. The summed E-state index contributed by atoms with van der Waals surface area (Å²) in [6.45, 7) is 6.16. The van der Waals surface area contributed by atoms with Crippen LogP contribution in [0.3, 0.4) is 0 Å². The lowest BCUT2D eigenvalue weighted by molar-refractivity contribution is 0.0687. The smallest absolute Gasteiger partial charge is 0.358 e. The van der Waals surface area contributed by atoms with Crippen LogP contribution in [0.25, 0.3) is 0 Å². The van der Waals surface area contributed by atoms with Crippen molar-refractivity contribution in [3.63, 3.8) is 0 Å². The molecule has 1 aromatic heterocycles. The first-order chi connectivity index (χ1) is 9.70.